The maximum absolute atomic E-state index is 9.10. The summed E-state index contributed by atoms with van der Waals surface area (Å²) in [5.74, 6) is 7.51. The molecule has 0 atom stereocenters. The number of hydrogen-bond donors (Lipinski definition) is 0. The fourth-order valence-electron chi connectivity index (χ4n) is 16.4. The molecule has 8 bridgehead atoms. The summed E-state index contributed by atoms with van der Waals surface area (Å²) in [5.41, 5.74) is 5.36. The van der Waals surface area contributed by atoms with Crippen molar-refractivity contribution < 1.29 is 44.1 Å². The first-order valence-electron chi connectivity index (χ1n) is 31.8. The van der Waals surface area contributed by atoms with Gasteiger partial charge in [-0.05, 0) is 158 Å². The van der Waals surface area contributed by atoms with Gasteiger partial charge >= 0.3 is 0 Å². The van der Waals surface area contributed by atoms with Crippen molar-refractivity contribution in [2.75, 3.05) is 4.90 Å². The Morgan fingerprint density at radius 2 is 1.21 bits per heavy atom. The number of aromatic nitrogens is 4. The predicted molar refractivity (Wildman–Crippen MR) is 295 cm³/mol. The average Bonchev–Trinajstić information content (AvgIpc) is 1.29. The molecule has 10 aromatic rings. The van der Waals surface area contributed by atoms with Crippen molar-refractivity contribution in [2.24, 2.45) is 41.4 Å². The third-order valence-corrected chi connectivity index (χ3v) is 18.4. The Labute approximate surface area is 468 Å². The molecule has 0 amide bonds. The molecule has 0 unspecified atom stereocenters. The van der Waals surface area contributed by atoms with Gasteiger partial charge in [0.2, 0.25) is 0 Å². The van der Waals surface area contributed by atoms with E-state index in [1.54, 1.807) is 27.3 Å². The molecule has 18 rings (SSSR count). The molecule has 0 saturated heterocycles. The number of hydrogen-bond acceptors (Lipinski definition) is 3. The van der Waals surface area contributed by atoms with E-state index in [9.17, 15) is 0 Å². The molecule has 0 aliphatic heterocycles. The Morgan fingerprint density at radius 3 is 1.91 bits per heavy atom. The van der Waals surface area contributed by atoms with Gasteiger partial charge in [0, 0.05) is 67.6 Å². The third kappa shape index (κ3) is 7.51. The van der Waals surface area contributed by atoms with Crippen LogP contribution in [0.25, 0.3) is 72.3 Å². The fraction of sp³-hybridized carbons (Fsp3) is 0.294. The molecule has 0 N–H and O–H groups in total. The van der Waals surface area contributed by atoms with Crippen molar-refractivity contribution in [3.05, 3.63) is 194 Å². The molecule has 8 aliphatic carbocycles. The van der Waals surface area contributed by atoms with Crippen LogP contribution < -0.4 is 14.2 Å². The molecule has 0 radical (unpaired) electrons. The van der Waals surface area contributed by atoms with E-state index in [2.05, 4.69) is 70.4 Å². The number of nitrogens with zero attached hydrogens (tertiary/aromatic N) is 5. The van der Waals surface area contributed by atoms with Crippen molar-refractivity contribution in [3.8, 4) is 50.9 Å². The molecule has 8 fully saturated rings. The molecule has 0 spiro atoms. The van der Waals surface area contributed by atoms with Crippen LogP contribution in [0.5, 0.6) is 11.5 Å². The number of pyridine rings is 1. The Hall–Kier alpha value is -6.75. The monoisotopic (exact) mass is 1170 g/mol. The van der Waals surface area contributed by atoms with Crippen LogP contribution in [0.1, 0.15) is 84.3 Å². The van der Waals surface area contributed by atoms with Gasteiger partial charge in [0.05, 0.1) is 30.4 Å². The van der Waals surface area contributed by atoms with Gasteiger partial charge in [0.15, 0.2) is 0 Å². The number of fused-ring (bicyclic) bond motifs is 4. The Morgan fingerprint density at radius 1 is 0.600 bits per heavy atom. The Bertz CT molecular complexity index is 4220. The molecule has 374 valence electrons. The molecule has 8 saturated carbocycles. The van der Waals surface area contributed by atoms with E-state index in [-0.39, 0.29) is 54.5 Å². The van der Waals surface area contributed by atoms with E-state index in [4.69, 9.17) is 23.4 Å². The fourth-order valence-corrected chi connectivity index (χ4v) is 16.4. The van der Waals surface area contributed by atoms with Crippen molar-refractivity contribution in [1.82, 2.24) is 14.1 Å². The van der Waals surface area contributed by atoms with Crippen LogP contribution in [0.2, 0.25) is 0 Å². The summed E-state index contributed by atoms with van der Waals surface area (Å²) in [6.45, 7) is 0. The van der Waals surface area contributed by atoms with Crippen LogP contribution in [0.3, 0.4) is 0 Å². The number of benzene rings is 7. The zero-order valence-corrected chi connectivity index (χ0v) is 43.6. The molecule has 75 heavy (non-hydrogen) atoms. The Kier molecular flexibility index (Phi) is 8.68. The quantitative estimate of drug-likeness (QED) is 0.101. The first-order valence-corrected chi connectivity index (χ1v) is 26.8. The van der Waals surface area contributed by atoms with E-state index in [1.807, 2.05) is 54.7 Å². The van der Waals surface area contributed by atoms with Gasteiger partial charge in [0.25, 0.3) is 6.33 Å². The zero-order valence-electron chi connectivity index (χ0n) is 51.3. The molecule has 6 nitrogen and oxygen atoms in total. The SMILES string of the molecule is [2H]c1c([2H])c([2H])c(-c2cccc(-c3c([2H])c([2H])c([2H])c([2H])c3[2H])c2-[n+]2[c-]n(-c3[c-]c(Oc4[c-]c5c(cc4)c4ccccc4n5-c4cc(N(C5C6CC7CC(C6)CC5C7)C56CC7CC(CC(C7)C5)C6)ccn4)ccc3)c3ccccc32)c([2H])c1[2H].[Pt]. The van der Waals surface area contributed by atoms with Crippen LogP contribution in [0.4, 0.5) is 5.69 Å². The summed E-state index contributed by atoms with van der Waals surface area (Å²) < 4.78 is 100. The van der Waals surface area contributed by atoms with Gasteiger partial charge in [-0.15, -0.1) is 29.7 Å². The average molecular weight is 1170 g/mol. The van der Waals surface area contributed by atoms with Crippen LogP contribution in [-0.2, 0) is 21.1 Å². The molecule has 7 aromatic carbocycles. The van der Waals surface area contributed by atoms with Crippen LogP contribution in [-0.4, -0.2) is 25.7 Å². The van der Waals surface area contributed by atoms with Gasteiger partial charge in [-0.3, -0.25) is 4.57 Å². The smallest absolute Gasteiger partial charge is 0.268 e. The van der Waals surface area contributed by atoms with E-state index < -0.39 is 60.4 Å². The number of rotatable bonds is 10. The Balaban J connectivity index is 0.00000613. The number of imidazole rings is 1. The topological polar surface area (TPSA) is 39.1 Å². The summed E-state index contributed by atoms with van der Waals surface area (Å²) in [7, 11) is 0. The first-order chi connectivity index (χ1) is 40.7. The van der Waals surface area contributed by atoms with E-state index >= 15 is 0 Å². The normalized spacial score (nSPS) is 27.9. The van der Waals surface area contributed by atoms with E-state index in [1.165, 1.54) is 76.3 Å². The third-order valence-electron chi connectivity index (χ3n) is 18.4. The number of ether oxygens (including phenoxy) is 1. The maximum Gasteiger partial charge on any atom is 0.268 e. The second kappa shape index (κ2) is 17.9. The second-order valence-electron chi connectivity index (χ2n) is 22.7. The van der Waals surface area contributed by atoms with Gasteiger partial charge < -0.3 is 18.8 Å². The van der Waals surface area contributed by atoms with E-state index in [0.717, 1.165) is 69.0 Å². The van der Waals surface area contributed by atoms with Crippen molar-refractivity contribution >= 4 is 38.5 Å². The summed E-state index contributed by atoms with van der Waals surface area (Å²) >= 11 is 0. The molecule has 7 heteroatoms. The van der Waals surface area contributed by atoms with E-state index in [0.29, 0.717) is 34.3 Å². The molecular formula is C68H59N5OPt-2. The first kappa shape index (κ1) is 36.3. The molecular weight excluding hydrogens is 1100 g/mol. The molecule has 8 aliphatic rings. The minimum Gasteiger partial charge on any atom is -0.510 e. The standard InChI is InChI=1S/C68H59N5O.Pt/c1-3-13-49(14-4-1)57-20-12-21-58(50-15-5-2-6-16-50)67(57)71-43-70(62-23-9-10-24-63(62)71)53-17-11-18-55(37-53)74-56-25-26-60-59-19-7-8-22-61(59)72(64(60)39-56)65-38-54(27-28-69-65)73(66-51-33-44-29-45(35-51)36-52(66)34-44)68-40-46-30-47(41-68)32-48(31-46)42-68;/h1-28,38,44-48,51-52,66H,29-36,40-42H2;/q-2;/i1D,2D,3D,4D,5D,6D,13D,14D,15D,16D;. The summed E-state index contributed by atoms with van der Waals surface area (Å²) in [4.78, 5) is 8.28. The predicted octanol–water partition coefficient (Wildman–Crippen LogP) is 15.5. The van der Waals surface area contributed by atoms with Gasteiger partial charge in [-0.2, -0.15) is 18.2 Å². The summed E-state index contributed by atoms with van der Waals surface area (Å²) in [6, 6.07) is 37.6. The number of anilines is 1. The van der Waals surface area contributed by atoms with Crippen LogP contribution >= 0.6 is 0 Å². The largest absolute Gasteiger partial charge is 0.510 e. The number of para-hydroxylation sites is 4. The van der Waals surface area contributed by atoms with Gasteiger partial charge in [-0.1, -0.05) is 127 Å². The van der Waals surface area contributed by atoms with Gasteiger partial charge in [-0.25, -0.2) is 4.98 Å². The second-order valence-corrected chi connectivity index (χ2v) is 22.7. The van der Waals surface area contributed by atoms with Crippen molar-refractivity contribution in [2.45, 2.75) is 82.2 Å². The van der Waals surface area contributed by atoms with Crippen LogP contribution in [0.15, 0.2) is 176 Å². The minimum atomic E-state index is -0.562. The van der Waals surface area contributed by atoms with Crippen molar-refractivity contribution in [1.29, 1.82) is 0 Å². The zero-order chi connectivity index (χ0) is 57.2. The molecule has 3 aromatic heterocycles. The minimum absolute atomic E-state index is 0. The summed E-state index contributed by atoms with van der Waals surface area (Å²) in [6.07, 6.45) is 20.6. The molecule has 3 heterocycles. The summed E-state index contributed by atoms with van der Waals surface area (Å²) in [5, 5.41) is 2.13. The van der Waals surface area contributed by atoms with Crippen LogP contribution in [0, 0.1) is 59.9 Å². The maximum atomic E-state index is 9.10. The van der Waals surface area contributed by atoms with Gasteiger partial charge in [0.1, 0.15) is 5.82 Å². The van der Waals surface area contributed by atoms with Crippen molar-refractivity contribution in [3.63, 3.8) is 0 Å².